The molecule has 0 radical (unpaired) electrons. The molecular weight excluding hydrogens is 508 g/mol. The molecule has 194 valence electrons. The van der Waals surface area contributed by atoms with Gasteiger partial charge in [0.25, 0.3) is 0 Å². The molecule has 1 aliphatic rings. The van der Waals surface area contributed by atoms with E-state index in [0.717, 1.165) is 35.4 Å². The van der Waals surface area contributed by atoms with Crippen LogP contribution < -0.4 is 10.1 Å². The molecule has 3 rings (SSSR count). The maximum atomic E-state index is 13.0. The fourth-order valence-corrected chi connectivity index (χ4v) is 4.84. The quantitative estimate of drug-likeness (QED) is 0.450. The van der Waals surface area contributed by atoms with Gasteiger partial charge in [0, 0.05) is 19.2 Å². The Hall–Kier alpha value is -3.54. The summed E-state index contributed by atoms with van der Waals surface area (Å²) < 4.78 is 80.4. The number of carbonyl (C=O) groups is 1. The molecule has 13 heteroatoms. The van der Waals surface area contributed by atoms with E-state index in [9.17, 15) is 30.8 Å². The Labute approximate surface area is 204 Å². The number of alkyl halides is 3. The third-order valence-electron chi connectivity index (χ3n) is 5.12. The molecule has 1 aliphatic heterocycles. The second-order valence-corrected chi connectivity index (χ2v) is 9.53. The number of hydrogen-bond acceptors (Lipinski definition) is 6. The van der Waals surface area contributed by atoms with Gasteiger partial charge < -0.3 is 10.1 Å². The fourth-order valence-electron chi connectivity index (χ4n) is 3.40. The predicted octanol–water partition coefficient (Wildman–Crippen LogP) is 3.73. The topological polar surface area (TPSA) is 110 Å². The summed E-state index contributed by atoms with van der Waals surface area (Å²) in [6.45, 7) is 2.04. The molecule has 1 unspecified atom stereocenters. The lowest BCUT2D eigenvalue weighted by atomic mass is 10.0. The van der Waals surface area contributed by atoms with Crippen molar-refractivity contribution in [2.75, 3.05) is 13.1 Å². The van der Waals surface area contributed by atoms with Crippen molar-refractivity contribution in [3.8, 4) is 5.75 Å². The van der Waals surface area contributed by atoms with Gasteiger partial charge in [-0.3, -0.25) is 4.79 Å². The number of piperidine rings is 1. The van der Waals surface area contributed by atoms with Gasteiger partial charge in [0.15, 0.2) is 0 Å². The molecule has 1 amide bonds. The first kappa shape index (κ1) is 28.7. The highest BCUT2D eigenvalue weighted by atomic mass is 32.2. The third kappa shape index (κ3) is 8.59. The number of rotatable bonds is 6. The number of nitrogens with one attached hydrogen (secondary N) is 1. The summed E-state index contributed by atoms with van der Waals surface area (Å²) in [4.78, 5) is 28.4. The molecule has 1 fully saturated rings. The van der Waals surface area contributed by atoms with Crippen LogP contribution in [0.5, 0.6) is 5.75 Å². The lowest BCUT2D eigenvalue weighted by Gasteiger charge is -2.27. The van der Waals surface area contributed by atoms with E-state index < -0.39 is 22.1 Å². The van der Waals surface area contributed by atoms with Gasteiger partial charge in [-0.15, -0.1) is 13.2 Å². The minimum absolute atomic E-state index is 0.135. The molecule has 1 heterocycles. The first-order chi connectivity index (χ1) is 16.9. The van der Waals surface area contributed by atoms with Gasteiger partial charge in [-0.2, -0.15) is 13.9 Å². The molecule has 1 atom stereocenters. The Kier molecular flexibility index (Phi) is 9.91. The maximum absolute atomic E-state index is 13.0. The van der Waals surface area contributed by atoms with Crippen LogP contribution >= 0.6 is 0 Å². The first-order valence-electron chi connectivity index (χ1n) is 10.5. The van der Waals surface area contributed by atoms with E-state index in [-0.39, 0.29) is 41.9 Å². The minimum Gasteiger partial charge on any atom is -0.406 e. The second kappa shape index (κ2) is 12.4. The SMILES string of the molecule is CC(NC(=O)C=C1CCN(S(=O)(=O)c2ccc(OC(F)(F)F)cc2)CC1)c1ccc(F)cc1.O=C=O. The number of sulfonamides is 1. The van der Waals surface area contributed by atoms with Gasteiger partial charge in [-0.05, 0) is 61.7 Å². The van der Waals surface area contributed by atoms with Crippen molar-refractivity contribution in [3.05, 3.63) is 71.6 Å². The van der Waals surface area contributed by atoms with Gasteiger partial charge in [0.1, 0.15) is 11.6 Å². The van der Waals surface area contributed by atoms with Gasteiger partial charge in [-0.1, -0.05) is 17.7 Å². The van der Waals surface area contributed by atoms with E-state index in [0.29, 0.717) is 12.8 Å². The van der Waals surface area contributed by atoms with Crippen molar-refractivity contribution in [2.24, 2.45) is 0 Å². The minimum atomic E-state index is -4.86. The van der Waals surface area contributed by atoms with Crippen molar-refractivity contribution < 1.29 is 45.1 Å². The van der Waals surface area contributed by atoms with E-state index in [1.165, 1.54) is 22.5 Å². The van der Waals surface area contributed by atoms with Crippen LogP contribution in [0.25, 0.3) is 0 Å². The lowest BCUT2D eigenvalue weighted by Crippen LogP contribution is -2.36. The molecule has 0 aromatic heterocycles. The molecule has 0 spiro atoms. The van der Waals surface area contributed by atoms with Gasteiger partial charge >= 0.3 is 12.5 Å². The van der Waals surface area contributed by atoms with E-state index in [1.54, 1.807) is 19.1 Å². The standard InChI is InChI=1S/C22H22F4N2O4S.CO2/c1-15(17-2-4-18(23)5-3-17)27-21(29)14-16-10-12-28(13-11-16)33(30,31)20-8-6-19(7-9-20)32-22(24,25)26;2-1-3/h2-9,14-15H,10-13H2,1H3,(H,27,29);. The first-order valence-corrected chi connectivity index (χ1v) is 11.9. The highest BCUT2D eigenvalue weighted by Crippen LogP contribution is 2.27. The Bertz CT molecular complexity index is 1200. The number of ether oxygens (including phenoxy) is 1. The molecule has 1 N–H and O–H groups in total. The van der Waals surface area contributed by atoms with Crippen LogP contribution in [0.15, 0.2) is 65.1 Å². The van der Waals surface area contributed by atoms with Crippen LogP contribution in [0.3, 0.4) is 0 Å². The second-order valence-electron chi connectivity index (χ2n) is 7.59. The average Bonchev–Trinajstić information content (AvgIpc) is 2.79. The number of nitrogens with zero attached hydrogens (tertiary/aromatic N) is 1. The van der Waals surface area contributed by atoms with Crippen LogP contribution in [-0.2, 0) is 24.4 Å². The molecule has 0 bridgehead atoms. The van der Waals surface area contributed by atoms with E-state index in [2.05, 4.69) is 10.1 Å². The largest absolute Gasteiger partial charge is 0.573 e. The summed E-state index contributed by atoms with van der Waals surface area (Å²) in [5.74, 6) is -1.21. The number of halogens is 4. The Morgan fingerprint density at radius 2 is 1.58 bits per heavy atom. The summed E-state index contributed by atoms with van der Waals surface area (Å²) in [5, 5.41) is 2.79. The van der Waals surface area contributed by atoms with E-state index >= 15 is 0 Å². The number of hydrogen-bond donors (Lipinski definition) is 1. The van der Waals surface area contributed by atoms with Crippen LogP contribution in [0.4, 0.5) is 17.6 Å². The number of carbonyl (C=O) groups excluding carboxylic acids is 3. The molecule has 36 heavy (non-hydrogen) atoms. The van der Waals surface area contributed by atoms with Crippen LogP contribution in [-0.4, -0.2) is 44.2 Å². The zero-order valence-electron chi connectivity index (χ0n) is 18.9. The summed E-state index contributed by atoms with van der Waals surface area (Å²) in [5.41, 5.74) is 1.52. The number of amides is 1. The van der Waals surface area contributed by atoms with Crippen LogP contribution in [0, 0.1) is 5.82 Å². The van der Waals surface area contributed by atoms with Crippen molar-refractivity contribution in [2.45, 2.75) is 37.1 Å². The number of benzene rings is 2. The monoisotopic (exact) mass is 530 g/mol. The van der Waals surface area contributed by atoms with Gasteiger partial charge in [0.2, 0.25) is 15.9 Å². The van der Waals surface area contributed by atoms with Crippen LogP contribution in [0.1, 0.15) is 31.4 Å². The van der Waals surface area contributed by atoms with Gasteiger partial charge in [-0.25, -0.2) is 12.8 Å². The molecule has 2 aromatic carbocycles. The normalized spacial score (nSPS) is 15.1. The van der Waals surface area contributed by atoms with Crippen LogP contribution in [0.2, 0.25) is 0 Å². The fraction of sp³-hybridized carbons (Fsp3) is 0.304. The summed E-state index contributed by atoms with van der Waals surface area (Å²) in [7, 11) is -3.89. The highest BCUT2D eigenvalue weighted by Gasteiger charge is 2.32. The Balaban J connectivity index is 0.00000145. The predicted molar refractivity (Wildman–Crippen MR) is 117 cm³/mol. The lowest BCUT2D eigenvalue weighted by molar-refractivity contribution is -0.274. The van der Waals surface area contributed by atoms with E-state index in [1.807, 2.05) is 0 Å². The molecule has 0 aliphatic carbocycles. The molecule has 2 aromatic rings. The smallest absolute Gasteiger partial charge is 0.406 e. The summed E-state index contributed by atoms with van der Waals surface area (Å²) in [6.07, 6.45) is -2.49. The molecular formula is C23H22F4N2O6S. The Morgan fingerprint density at radius 1 is 1.06 bits per heavy atom. The average molecular weight is 530 g/mol. The van der Waals surface area contributed by atoms with E-state index in [4.69, 9.17) is 9.59 Å². The molecule has 1 saturated heterocycles. The summed E-state index contributed by atoms with van der Waals surface area (Å²) >= 11 is 0. The van der Waals surface area contributed by atoms with Crippen molar-refractivity contribution >= 4 is 22.1 Å². The highest BCUT2D eigenvalue weighted by molar-refractivity contribution is 7.89. The molecule has 0 saturated carbocycles. The van der Waals surface area contributed by atoms with Crippen molar-refractivity contribution in [1.29, 1.82) is 0 Å². The Morgan fingerprint density at radius 3 is 2.08 bits per heavy atom. The maximum Gasteiger partial charge on any atom is 0.573 e. The molecule has 8 nitrogen and oxygen atoms in total. The zero-order chi connectivity index (χ0) is 26.9. The third-order valence-corrected chi connectivity index (χ3v) is 7.04. The van der Waals surface area contributed by atoms with Gasteiger partial charge in [0.05, 0.1) is 10.9 Å². The zero-order valence-corrected chi connectivity index (χ0v) is 19.7. The van der Waals surface area contributed by atoms with Crippen molar-refractivity contribution in [3.63, 3.8) is 0 Å². The van der Waals surface area contributed by atoms with Crippen molar-refractivity contribution in [1.82, 2.24) is 9.62 Å². The summed E-state index contributed by atoms with van der Waals surface area (Å²) in [6, 6.07) is 9.46.